The SMILES string of the molecule is Cc1ccc(S(=O)(=O)Nc2ccccc2C=NNc2nc(-c3ccccc3)c(C#N)c(=O)[nH]2)cc1. The monoisotopic (exact) mass is 484 g/mol. The van der Waals surface area contributed by atoms with E-state index in [1.54, 1.807) is 60.7 Å². The molecule has 0 aliphatic carbocycles. The van der Waals surface area contributed by atoms with Gasteiger partial charge in [-0.2, -0.15) is 10.4 Å². The molecule has 0 fully saturated rings. The molecule has 0 aliphatic heterocycles. The van der Waals surface area contributed by atoms with Crippen LogP contribution in [0.5, 0.6) is 0 Å². The van der Waals surface area contributed by atoms with Crippen LogP contribution in [0.2, 0.25) is 0 Å². The van der Waals surface area contributed by atoms with Crippen LogP contribution in [0.3, 0.4) is 0 Å². The predicted molar refractivity (Wildman–Crippen MR) is 135 cm³/mol. The Morgan fingerprint density at radius 3 is 2.40 bits per heavy atom. The Bertz CT molecular complexity index is 1590. The highest BCUT2D eigenvalue weighted by Crippen LogP contribution is 2.21. The molecule has 35 heavy (non-hydrogen) atoms. The second-order valence-corrected chi connectivity index (χ2v) is 9.17. The van der Waals surface area contributed by atoms with Gasteiger partial charge in [0.15, 0.2) is 0 Å². The largest absolute Gasteiger partial charge is 0.290 e. The number of nitrogens with zero attached hydrogens (tertiary/aromatic N) is 3. The molecule has 4 rings (SSSR count). The number of hydrazone groups is 1. The van der Waals surface area contributed by atoms with E-state index in [0.29, 0.717) is 16.8 Å². The molecule has 0 atom stereocenters. The van der Waals surface area contributed by atoms with E-state index in [1.807, 2.05) is 19.1 Å². The number of aryl methyl sites for hydroxylation is 1. The van der Waals surface area contributed by atoms with E-state index >= 15 is 0 Å². The summed E-state index contributed by atoms with van der Waals surface area (Å²) >= 11 is 0. The van der Waals surface area contributed by atoms with Gasteiger partial charge in [0.1, 0.15) is 11.6 Å². The zero-order chi connectivity index (χ0) is 24.8. The highest BCUT2D eigenvalue weighted by Gasteiger charge is 2.16. The Hall–Kier alpha value is -4.75. The van der Waals surface area contributed by atoms with Crippen LogP contribution >= 0.6 is 0 Å². The van der Waals surface area contributed by atoms with Gasteiger partial charge in [-0.05, 0) is 25.1 Å². The number of H-pyrrole nitrogens is 1. The molecular weight excluding hydrogens is 464 g/mol. The first-order chi connectivity index (χ1) is 16.9. The van der Waals surface area contributed by atoms with Crippen LogP contribution in [-0.4, -0.2) is 24.6 Å². The highest BCUT2D eigenvalue weighted by molar-refractivity contribution is 7.92. The predicted octanol–water partition coefficient (Wildman–Crippen LogP) is 3.86. The number of aromatic amines is 1. The third kappa shape index (κ3) is 5.43. The molecule has 0 amide bonds. The molecule has 0 spiro atoms. The van der Waals surface area contributed by atoms with Gasteiger partial charge in [0.2, 0.25) is 5.95 Å². The Morgan fingerprint density at radius 2 is 1.69 bits per heavy atom. The molecule has 9 nitrogen and oxygen atoms in total. The number of hydrogen-bond acceptors (Lipinski definition) is 7. The summed E-state index contributed by atoms with van der Waals surface area (Å²) < 4.78 is 28.1. The second kappa shape index (κ2) is 10.0. The summed E-state index contributed by atoms with van der Waals surface area (Å²) in [4.78, 5) is 19.3. The van der Waals surface area contributed by atoms with Gasteiger partial charge >= 0.3 is 0 Å². The minimum atomic E-state index is -3.80. The van der Waals surface area contributed by atoms with Crippen LogP contribution in [-0.2, 0) is 10.0 Å². The summed E-state index contributed by atoms with van der Waals surface area (Å²) in [5, 5.41) is 13.5. The molecule has 0 aliphatic rings. The molecule has 0 bridgehead atoms. The lowest BCUT2D eigenvalue weighted by molar-refractivity contribution is 0.601. The number of nitrogens with one attached hydrogen (secondary N) is 3. The third-order valence-corrected chi connectivity index (χ3v) is 6.37. The lowest BCUT2D eigenvalue weighted by Gasteiger charge is -2.11. The van der Waals surface area contributed by atoms with E-state index in [0.717, 1.165) is 5.56 Å². The highest BCUT2D eigenvalue weighted by atomic mass is 32.2. The molecule has 3 aromatic carbocycles. The zero-order valence-electron chi connectivity index (χ0n) is 18.6. The average molecular weight is 485 g/mol. The number of nitriles is 1. The van der Waals surface area contributed by atoms with Crippen molar-refractivity contribution in [3.63, 3.8) is 0 Å². The third-order valence-electron chi connectivity index (χ3n) is 4.99. The fraction of sp³-hybridized carbons (Fsp3) is 0.0400. The van der Waals surface area contributed by atoms with Crippen molar-refractivity contribution in [3.8, 4) is 17.3 Å². The van der Waals surface area contributed by atoms with Gasteiger partial charge in [0, 0.05) is 11.1 Å². The summed E-state index contributed by atoms with van der Waals surface area (Å²) in [7, 11) is -3.80. The number of aromatic nitrogens is 2. The van der Waals surface area contributed by atoms with Crippen LogP contribution < -0.4 is 15.7 Å². The topological polar surface area (TPSA) is 140 Å². The Balaban J connectivity index is 1.59. The standard InChI is InChI=1S/C25H20N6O3S/c1-17-11-13-20(14-12-17)35(33,34)31-22-10-6-5-9-19(22)16-27-30-25-28-23(18-7-3-2-4-8-18)21(15-26)24(32)29-25/h2-14,16,31H,1H3,(H2,28,29,30,32). The van der Waals surface area contributed by atoms with Crippen molar-refractivity contribution >= 4 is 27.9 Å². The normalized spacial score (nSPS) is 11.2. The summed E-state index contributed by atoms with van der Waals surface area (Å²) in [6, 6.07) is 24.0. The lowest BCUT2D eigenvalue weighted by Crippen LogP contribution is -2.16. The summed E-state index contributed by atoms with van der Waals surface area (Å²) in [6.45, 7) is 1.88. The van der Waals surface area contributed by atoms with Crippen molar-refractivity contribution in [2.24, 2.45) is 5.10 Å². The maximum atomic E-state index is 12.8. The molecule has 0 radical (unpaired) electrons. The minimum absolute atomic E-state index is 0.0295. The van der Waals surface area contributed by atoms with E-state index in [9.17, 15) is 18.5 Å². The maximum Gasteiger partial charge on any atom is 0.270 e. The number of benzene rings is 3. The Kier molecular flexibility index (Phi) is 6.71. The number of rotatable bonds is 7. The number of anilines is 2. The van der Waals surface area contributed by atoms with Gasteiger partial charge < -0.3 is 0 Å². The van der Waals surface area contributed by atoms with E-state index < -0.39 is 15.6 Å². The lowest BCUT2D eigenvalue weighted by atomic mass is 10.1. The van der Waals surface area contributed by atoms with Gasteiger partial charge in [0.05, 0.1) is 22.5 Å². The first-order valence-electron chi connectivity index (χ1n) is 10.4. The molecule has 174 valence electrons. The molecule has 3 N–H and O–H groups in total. The van der Waals surface area contributed by atoms with Gasteiger partial charge in [0.25, 0.3) is 15.6 Å². The molecule has 1 aromatic heterocycles. The summed E-state index contributed by atoms with van der Waals surface area (Å²) in [6.07, 6.45) is 1.40. The first-order valence-corrected chi connectivity index (χ1v) is 11.9. The van der Waals surface area contributed by atoms with Crippen molar-refractivity contribution < 1.29 is 8.42 Å². The smallest absolute Gasteiger partial charge is 0.270 e. The van der Waals surface area contributed by atoms with Crippen molar-refractivity contribution in [1.82, 2.24) is 9.97 Å². The molecule has 1 heterocycles. The molecular formula is C25H20N6O3S. The second-order valence-electron chi connectivity index (χ2n) is 7.49. The van der Waals surface area contributed by atoms with Crippen LogP contribution in [0.25, 0.3) is 11.3 Å². The molecule has 0 unspecified atom stereocenters. The van der Waals surface area contributed by atoms with Crippen LogP contribution in [0, 0.1) is 18.3 Å². The average Bonchev–Trinajstić information content (AvgIpc) is 2.85. The van der Waals surface area contributed by atoms with Crippen molar-refractivity contribution in [2.75, 3.05) is 10.1 Å². The fourth-order valence-electron chi connectivity index (χ4n) is 3.22. The van der Waals surface area contributed by atoms with E-state index in [2.05, 4.69) is 25.2 Å². The quantitative estimate of drug-likeness (QED) is 0.269. The summed E-state index contributed by atoms with van der Waals surface area (Å²) in [5.74, 6) is 0.0295. The zero-order valence-corrected chi connectivity index (χ0v) is 19.4. The van der Waals surface area contributed by atoms with Crippen molar-refractivity contribution in [3.05, 3.63) is 106 Å². The van der Waals surface area contributed by atoms with E-state index in [-0.39, 0.29) is 22.1 Å². The van der Waals surface area contributed by atoms with Crippen molar-refractivity contribution in [2.45, 2.75) is 11.8 Å². The van der Waals surface area contributed by atoms with Gasteiger partial charge in [-0.15, -0.1) is 0 Å². The summed E-state index contributed by atoms with van der Waals surface area (Å²) in [5.41, 5.74) is 4.51. The van der Waals surface area contributed by atoms with Gasteiger partial charge in [-0.1, -0.05) is 66.2 Å². The van der Waals surface area contributed by atoms with Crippen LogP contribution in [0.4, 0.5) is 11.6 Å². The van der Waals surface area contributed by atoms with Gasteiger partial charge in [-0.25, -0.2) is 18.8 Å². The minimum Gasteiger partial charge on any atom is -0.290 e. The Labute approximate surface area is 201 Å². The van der Waals surface area contributed by atoms with Crippen LogP contribution in [0.1, 0.15) is 16.7 Å². The number of para-hydroxylation sites is 1. The molecule has 10 heteroatoms. The van der Waals surface area contributed by atoms with Crippen LogP contribution in [0.15, 0.2) is 93.7 Å². The molecule has 4 aromatic rings. The van der Waals surface area contributed by atoms with E-state index in [1.165, 1.54) is 18.3 Å². The molecule has 0 saturated heterocycles. The molecule has 0 saturated carbocycles. The first kappa shape index (κ1) is 23.4. The van der Waals surface area contributed by atoms with Gasteiger partial charge in [-0.3, -0.25) is 14.5 Å². The number of hydrogen-bond donors (Lipinski definition) is 3. The van der Waals surface area contributed by atoms with E-state index in [4.69, 9.17) is 0 Å². The fourth-order valence-corrected chi connectivity index (χ4v) is 4.31. The van der Waals surface area contributed by atoms with Crippen molar-refractivity contribution in [1.29, 1.82) is 5.26 Å². The Morgan fingerprint density at radius 1 is 1.00 bits per heavy atom. The number of sulfonamides is 1. The maximum absolute atomic E-state index is 12.8.